The van der Waals surface area contributed by atoms with E-state index in [1.165, 1.54) is 31.4 Å². The highest BCUT2D eigenvalue weighted by atomic mass is 19.1. The number of methoxy groups -OCH3 is 1. The van der Waals surface area contributed by atoms with Gasteiger partial charge in [0.25, 0.3) is 0 Å². The van der Waals surface area contributed by atoms with Crippen molar-refractivity contribution < 1.29 is 28.9 Å². The van der Waals surface area contributed by atoms with Gasteiger partial charge in [0.05, 0.1) is 18.2 Å². The van der Waals surface area contributed by atoms with Crippen LogP contribution in [0.15, 0.2) is 36.4 Å². The number of ether oxygens (including phenoxy) is 1. The van der Waals surface area contributed by atoms with Crippen LogP contribution in [0.2, 0.25) is 0 Å². The van der Waals surface area contributed by atoms with E-state index in [9.17, 15) is 24.2 Å². The van der Waals surface area contributed by atoms with Crippen LogP contribution in [0.3, 0.4) is 0 Å². The van der Waals surface area contributed by atoms with Gasteiger partial charge >= 0.3 is 5.97 Å². The average Bonchev–Trinajstić information content (AvgIpc) is 2.48. The molecule has 0 aliphatic carbocycles. The number of phenols is 2. The van der Waals surface area contributed by atoms with Crippen LogP contribution in [-0.4, -0.2) is 29.1 Å². The predicted molar refractivity (Wildman–Crippen MR) is 75.5 cm³/mol. The number of rotatable bonds is 4. The molecule has 2 N–H and O–H groups in total. The van der Waals surface area contributed by atoms with E-state index in [0.29, 0.717) is 0 Å². The summed E-state index contributed by atoms with van der Waals surface area (Å²) in [6.45, 7) is 0. The van der Waals surface area contributed by atoms with Gasteiger partial charge in [-0.25, -0.2) is 9.18 Å². The Bertz CT molecular complexity index is 739. The minimum absolute atomic E-state index is 0.0192. The largest absolute Gasteiger partial charge is 0.508 e. The third-order valence-electron chi connectivity index (χ3n) is 3.11. The Morgan fingerprint density at radius 1 is 1.14 bits per heavy atom. The van der Waals surface area contributed by atoms with E-state index in [2.05, 4.69) is 4.74 Å². The number of ketones is 1. The molecular formula is C16H13FO5. The van der Waals surface area contributed by atoms with Gasteiger partial charge in [0.1, 0.15) is 17.3 Å². The highest BCUT2D eigenvalue weighted by molar-refractivity contribution is 6.00. The number of aromatic hydroxyl groups is 2. The molecule has 2 aromatic carbocycles. The Labute approximate surface area is 125 Å². The molecular weight excluding hydrogens is 291 g/mol. The number of phenolic OH excluding ortho intramolecular Hbond substituents is 2. The van der Waals surface area contributed by atoms with Crippen molar-refractivity contribution in [2.24, 2.45) is 0 Å². The molecule has 0 saturated heterocycles. The van der Waals surface area contributed by atoms with Crippen LogP contribution < -0.4 is 0 Å². The van der Waals surface area contributed by atoms with Crippen LogP contribution in [0, 0.1) is 5.82 Å². The number of halogens is 1. The van der Waals surface area contributed by atoms with Crippen LogP contribution in [0.1, 0.15) is 26.3 Å². The molecule has 2 aromatic rings. The zero-order valence-electron chi connectivity index (χ0n) is 11.7. The standard InChI is InChI=1S/C16H13FO5/c1-22-16(21)10-3-2-9(13(17)6-10)7-14(19)12-5-4-11(18)8-15(12)20/h2-6,8,18,20H,7H2,1H3. The zero-order valence-corrected chi connectivity index (χ0v) is 11.7. The summed E-state index contributed by atoms with van der Waals surface area (Å²) in [5.74, 6) is -2.45. The van der Waals surface area contributed by atoms with Crippen molar-refractivity contribution in [3.8, 4) is 11.5 Å². The van der Waals surface area contributed by atoms with Gasteiger partial charge in [-0.3, -0.25) is 4.79 Å². The highest BCUT2D eigenvalue weighted by Gasteiger charge is 2.16. The molecule has 0 aromatic heterocycles. The van der Waals surface area contributed by atoms with Crippen molar-refractivity contribution in [1.82, 2.24) is 0 Å². The van der Waals surface area contributed by atoms with Crippen molar-refractivity contribution >= 4 is 11.8 Å². The molecule has 0 amide bonds. The Morgan fingerprint density at radius 2 is 1.86 bits per heavy atom. The lowest BCUT2D eigenvalue weighted by molar-refractivity contribution is 0.0600. The van der Waals surface area contributed by atoms with Gasteiger partial charge in [0, 0.05) is 12.5 Å². The second-order valence-electron chi connectivity index (χ2n) is 4.60. The van der Waals surface area contributed by atoms with E-state index in [0.717, 1.165) is 12.1 Å². The second kappa shape index (κ2) is 6.26. The first kappa shape index (κ1) is 15.5. The first-order valence-corrected chi connectivity index (χ1v) is 6.34. The van der Waals surface area contributed by atoms with Crippen LogP contribution in [0.4, 0.5) is 4.39 Å². The van der Waals surface area contributed by atoms with Crippen LogP contribution >= 0.6 is 0 Å². The highest BCUT2D eigenvalue weighted by Crippen LogP contribution is 2.24. The lowest BCUT2D eigenvalue weighted by Crippen LogP contribution is -2.07. The fraction of sp³-hybridized carbons (Fsp3) is 0.125. The lowest BCUT2D eigenvalue weighted by Gasteiger charge is -2.07. The van der Waals surface area contributed by atoms with Crippen molar-refractivity contribution in [1.29, 1.82) is 0 Å². The number of carbonyl (C=O) groups excluding carboxylic acids is 2. The summed E-state index contributed by atoms with van der Waals surface area (Å²) < 4.78 is 18.4. The molecule has 0 unspecified atom stereocenters. The van der Waals surface area contributed by atoms with E-state index >= 15 is 0 Å². The molecule has 22 heavy (non-hydrogen) atoms. The topological polar surface area (TPSA) is 83.8 Å². The van der Waals surface area contributed by atoms with Gasteiger partial charge in [-0.1, -0.05) is 6.07 Å². The molecule has 0 fully saturated rings. The van der Waals surface area contributed by atoms with E-state index in [-0.39, 0.29) is 34.6 Å². The van der Waals surface area contributed by atoms with Crippen molar-refractivity contribution in [3.05, 3.63) is 58.9 Å². The molecule has 114 valence electrons. The Morgan fingerprint density at radius 3 is 2.45 bits per heavy atom. The summed E-state index contributed by atoms with van der Waals surface area (Å²) in [7, 11) is 1.19. The summed E-state index contributed by atoms with van der Waals surface area (Å²) in [4.78, 5) is 23.4. The number of Topliss-reactive ketones (excluding diaryl/α,β-unsaturated/α-hetero) is 1. The molecule has 0 bridgehead atoms. The predicted octanol–water partition coefficient (Wildman–Crippen LogP) is 2.45. The summed E-state index contributed by atoms with van der Waals surface area (Å²) in [5, 5.41) is 18.8. The van der Waals surface area contributed by atoms with Crippen molar-refractivity contribution in [2.75, 3.05) is 7.11 Å². The molecule has 0 saturated carbocycles. The quantitative estimate of drug-likeness (QED) is 0.669. The van der Waals surface area contributed by atoms with Crippen LogP contribution in [-0.2, 0) is 11.2 Å². The van der Waals surface area contributed by atoms with Gasteiger partial charge in [-0.2, -0.15) is 0 Å². The van der Waals surface area contributed by atoms with Crippen molar-refractivity contribution in [2.45, 2.75) is 6.42 Å². The third kappa shape index (κ3) is 3.22. The monoisotopic (exact) mass is 304 g/mol. The average molecular weight is 304 g/mol. The first-order chi connectivity index (χ1) is 10.4. The Hall–Kier alpha value is -2.89. The molecule has 6 heteroatoms. The first-order valence-electron chi connectivity index (χ1n) is 6.34. The summed E-state index contributed by atoms with van der Waals surface area (Å²) in [5.41, 5.74) is 0.114. The van der Waals surface area contributed by atoms with Gasteiger partial charge in [-0.05, 0) is 29.8 Å². The molecule has 0 spiro atoms. The van der Waals surface area contributed by atoms with Crippen LogP contribution in [0.25, 0.3) is 0 Å². The fourth-order valence-corrected chi connectivity index (χ4v) is 1.96. The van der Waals surface area contributed by atoms with Gasteiger partial charge in [0.2, 0.25) is 0 Å². The maximum Gasteiger partial charge on any atom is 0.337 e. The summed E-state index contributed by atoms with van der Waals surface area (Å²) >= 11 is 0. The summed E-state index contributed by atoms with van der Waals surface area (Å²) in [6, 6.07) is 7.21. The van der Waals surface area contributed by atoms with E-state index in [1.807, 2.05) is 0 Å². The molecule has 0 aliphatic rings. The van der Waals surface area contributed by atoms with E-state index < -0.39 is 17.6 Å². The third-order valence-corrected chi connectivity index (χ3v) is 3.11. The number of esters is 1. The minimum Gasteiger partial charge on any atom is -0.508 e. The Kier molecular flexibility index (Phi) is 4.41. The van der Waals surface area contributed by atoms with Crippen molar-refractivity contribution in [3.63, 3.8) is 0 Å². The summed E-state index contributed by atoms with van der Waals surface area (Å²) in [6.07, 6.45) is -0.286. The molecule has 2 rings (SSSR count). The SMILES string of the molecule is COC(=O)c1ccc(CC(=O)c2ccc(O)cc2O)c(F)c1. The van der Waals surface area contributed by atoms with E-state index in [1.54, 1.807) is 0 Å². The maximum absolute atomic E-state index is 13.9. The molecule has 0 aliphatic heterocycles. The number of benzene rings is 2. The number of carbonyl (C=O) groups is 2. The van der Waals surface area contributed by atoms with Gasteiger partial charge < -0.3 is 14.9 Å². The molecule has 0 atom stereocenters. The molecule has 0 heterocycles. The fourth-order valence-electron chi connectivity index (χ4n) is 1.96. The molecule has 5 nitrogen and oxygen atoms in total. The number of hydrogen-bond donors (Lipinski definition) is 2. The van der Waals surface area contributed by atoms with Gasteiger partial charge in [0.15, 0.2) is 5.78 Å². The van der Waals surface area contributed by atoms with Gasteiger partial charge in [-0.15, -0.1) is 0 Å². The molecule has 0 radical (unpaired) electrons. The minimum atomic E-state index is -0.713. The zero-order chi connectivity index (χ0) is 16.3. The van der Waals surface area contributed by atoms with E-state index in [4.69, 9.17) is 0 Å². The maximum atomic E-state index is 13.9. The Balaban J connectivity index is 2.23. The smallest absolute Gasteiger partial charge is 0.337 e. The van der Waals surface area contributed by atoms with Crippen LogP contribution in [0.5, 0.6) is 11.5 Å². The second-order valence-corrected chi connectivity index (χ2v) is 4.60. The lowest BCUT2D eigenvalue weighted by atomic mass is 10.0. The normalized spacial score (nSPS) is 10.3. The number of hydrogen-bond acceptors (Lipinski definition) is 5.